The Bertz CT molecular complexity index is 902. The van der Waals surface area contributed by atoms with E-state index in [1.165, 1.54) is 5.56 Å². The van der Waals surface area contributed by atoms with Crippen LogP contribution in [0.2, 0.25) is 5.02 Å². The van der Waals surface area contributed by atoms with Crippen molar-refractivity contribution in [2.45, 2.75) is 19.4 Å². The lowest BCUT2D eigenvalue weighted by Crippen LogP contribution is -2.35. The Balaban J connectivity index is 1.65. The summed E-state index contributed by atoms with van der Waals surface area (Å²) in [6.45, 7) is 2.04. The molecule has 0 spiro atoms. The first kappa shape index (κ1) is 15.0. The van der Waals surface area contributed by atoms with E-state index in [4.69, 9.17) is 16.1 Å². The second-order valence-corrected chi connectivity index (χ2v) is 6.38. The molecular formula is C19H15ClN2O2. The quantitative estimate of drug-likeness (QED) is 0.686. The third-order valence-corrected chi connectivity index (χ3v) is 4.54. The van der Waals surface area contributed by atoms with Crippen molar-refractivity contribution in [3.8, 4) is 11.3 Å². The normalized spacial score (nSPS) is 16.2. The zero-order valence-corrected chi connectivity index (χ0v) is 13.8. The van der Waals surface area contributed by atoms with E-state index in [2.05, 4.69) is 11.2 Å². The average Bonchev–Trinajstić information content (AvgIpc) is 3.19. The largest absolute Gasteiger partial charge is 0.355 e. The second-order valence-electron chi connectivity index (χ2n) is 5.94. The number of benzene rings is 2. The summed E-state index contributed by atoms with van der Waals surface area (Å²) in [4.78, 5) is 14.7. The highest BCUT2D eigenvalue weighted by molar-refractivity contribution is 6.30. The highest BCUT2D eigenvalue weighted by Crippen LogP contribution is 2.33. The summed E-state index contributed by atoms with van der Waals surface area (Å²) in [6.07, 6.45) is 0.851. The molecule has 0 N–H and O–H groups in total. The van der Waals surface area contributed by atoms with E-state index >= 15 is 0 Å². The van der Waals surface area contributed by atoms with E-state index in [9.17, 15) is 4.79 Å². The van der Waals surface area contributed by atoms with Gasteiger partial charge in [0.15, 0.2) is 11.5 Å². The Morgan fingerprint density at radius 3 is 2.75 bits per heavy atom. The van der Waals surface area contributed by atoms with Gasteiger partial charge in [-0.25, -0.2) is 0 Å². The topological polar surface area (TPSA) is 46.3 Å². The van der Waals surface area contributed by atoms with Crippen LogP contribution in [0.5, 0.6) is 0 Å². The van der Waals surface area contributed by atoms with Crippen molar-refractivity contribution in [2.75, 3.05) is 4.90 Å². The molecule has 1 amide bonds. The van der Waals surface area contributed by atoms with Gasteiger partial charge in [0.25, 0.3) is 5.91 Å². The van der Waals surface area contributed by atoms with Crippen LogP contribution in [0.25, 0.3) is 11.3 Å². The molecule has 0 bridgehead atoms. The second kappa shape index (κ2) is 5.80. The first-order valence-corrected chi connectivity index (χ1v) is 8.15. The van der Waals surface area contributed by atoms with Crippen LogP contribution < -0.4 is 4.90 Å². The van der Waals surface area contributed by atoms with Gasteiger partial charge in [0.05, 0.1) is 0 Å². The molecule has 0 aliphatic carbocycles. The number of aromatic nitrogens is 1. The van der Waals surface area contributed by atoms with Gasteiger partial charge >= 0.3 is 0 Å². The van der Waals surface area contributed by atoms with E-state index in [1.54, 1.807) is 23.1 Å². The number of hydrogen-bond acceptors (Lipinski definition) is 3. The molecule has 4 nitrogen and oxygen atoms in total. The third-order valence-electron chi connectivity index (χ3n) is 4.28. The number of hydrogen-bond donors (Lipinski definition) is 0. The molecule has 0 saturated carbocycles. The molecule has 2 heterocycles. The van der Waals surface area contributed by atoms with Crippen LogP contribution in [0.1, 0.15) is 23.0 Å². The summed E-state index contributed by atoms with van der Waals surface area (Å²) >= 11 is 5.90. The van der Waals surface area contributed by atoms with Gasteiger partial charge in [-0.1, -0.05) is 35.0 Å². The number of halogens is 1. The fraction of sp³-hybridized carbons (Fsp3) is 0.158. The average molecular weight is 339 g/mol. The molecular weight excluding hydrogens is 324 g/mol. The Morgan fingerprint density at radius 2 is 1.96 bits per heavy atom. The highest BCUT2D eigenvalue weighted by Gasteiger charge is 2.32. The van der Waals surface area contributed by atoms with Crippen molar-refractivity contribution < 1.29 is 9.32 Å². The van der Waals surface area contributed by atoms with Crippen LogP contribution in [0.3, 0.4) is 0 Å². The summed E-state index contributed by atoms with van der Waals surface area (Å²) in [6, 6.07) is 17.0. The van der Waals surface area contributed by atoms with Gasteiger partial charge in [-0.15, -0.1) is 0 Å². The molecule has 0 saturated heterocycles. The Kier molecular flexibility index (Phi) is 3.62. The lowest BCUT2D eigenvalue weighted by molar-refractivity contribution is 0.0973. The van der Waals surface area contributed by atoms with Crippen molar-refractivity contribution in [3.63, 3.8) is 0 Å². The zero-order chi connectivity index (χ0) is 16.7. The number of amides is 1. The number of nitrogens with zero attached hydrogens (tertiary/aromatic N) is 2. The smallest absolute Gasteiger partial charge is 0.280 e. The number of fused-ring (bicyclic) bond motifs is 1. The molecule has 1 aromatic heterocycles. The molecule has 0 fully saturated rings. The van der Waals surface area contributed by atoms with E-state index in [1.807, 2.05) is 37.3 Å². The lowest BCUT2D eigenvalue weighted by atomic mass is 10.1. The molecule has 2 aromatic carbocycles. The molecule has 0 unspecified atom stereocenters. The molecule has 1 atom stereocenters. The summed E-state index contributed by atoms with van der Waals surface area (Å²) in [7, 11) is 0. The molecule has 4 rings (SSSR count). The van der Waals surface area contributed by atoms with Crippen molar-refractivity contribution in [2.24, 2.45) is 0 Å². The Morgan fingerprint density at radius 1 is 1.21 bits per heavy atom. The SMILES string of the molecule is C[C@H]1Cc2ccccc2N1C(=O)c1cc(-c2ccc(Cl)cc2)on1. The van der Waals surface area contributed by atoms with Crippen molar-refractivity contribution in [1.82, 2.24) is 5.16 Å². The lowest BCUT2D eigenvalue weighted by Gasteiger charge is -2.21. The maximum Gasteiger partial charge on any atom is 0.280 e. The molecule has 1 aliphatic rings. The Hall–Kier alpha value is -2.59. The minimum atomic E-state index is -0.142. The fourth-order valence-electron chi connectivity index (χ4n) is 3.12. The molecule has 24 heavy (non-hydrogen) atoms. The van der Waals surface area contributed by atoms with E-state index in [-0.39, 0.29) is 11.9 Å². The predicted octanol–water partition coefficient (Wildman–Crippen LogP) is 4.59. The number of para-hydroxylation sites is 1. The van der Waals surface area contributed by atoms with Crippen molar-refractivity contribution in [3.05, 3.63) is 70.9 Å². The van der Waals surface area contributed by atoms with Crippen LogP contribution in [0.4, 0.5) is 5.69 Å². The zero-order valence-electron chi connectivity index (χ0n) is 13.1. The summed E-state index contributed by atoms with van der Waals surface area (Å²) in [5.74, 6) is 0.409. The molecule has 3 aromatic rings. The summed E-state index contributed by atoms with van der Waals surface area (Å²) in [5.41, 5.74) is 3.27. The predicted molar refractivity (Wildman–Crippen MR) is 93.4 cm³/mol. The molecule has 0 radical (unpaired) electrons. The maximum absolute atomic E-state index is 12.9. The molecule has 120 valence electrons. The van der Waals surface area contributed by atoms with Crippen molar-refractivity contribution >= 4 is 23.2 Å². The maximum atomic E-state index is 12.9. The van der Waals surface area contributed by atoms with Gasteiger partial charge in [0.1, 0.15) is 0 Å². The van der Waals surface area contributed by atoms with Gasteiger partial charge in [-0.3, -0.25) is 4.79 Å². The van der Waals surface area contributed by atoms with Crippen LogP contribution in [0, 0.1) is 0 Å². The fourth-order valence-corrected chi connectivity index (χ4v) is 3.25. The summed E-state index contributed by atoms with van der Waals surface area (Å²) in [5, 5.41) is 4.62. The third kappa shape index (κ3) is 2.49. The van der Waals surface area contributed by atoms with Gasteiger partial charge in [-0.05, 0) is 49.2 Å². The van der Waals surface area contributed by atoms with Crippen LogP contribution >= 0.6 is 11.6 Å². The van der Waals surface area contributed by atoms with Crippen LogP contribution in [-0.4, -0.2) is 17.1 Å². The standard InChI is InChI=1S/C19H15ClN2O2/c1-12-10-14-4-2-3-5-17(14)22(12)19(23)16-11-18(24-21-16)13-6-8-15(20)9-7-13/h2-9,11-12H,10H2,1H3/t12-/m0/s1. The van der Waals surface area contributed by atoms with Gasteiger partial charge < -0.3 is 9.42 Å². The number of carbonyl (C=O) groups is 1. The minimum absolute atomic E-state index is 0.102. The van der Waals surface area contributed by atoms with Crippen LogP contribution in [-0.2, 0) is 6.42 Å². The van der Waals surface area contributed by atoms with E-state index < -0.39 is 0 Å². The number of carbonyl (C=O) groups excluding carboxylic acids is 1. The number of rotatable bonds is 2. The number of anilines is 1. The van der Waals surface area contributed by atoms with Gasteiger partial charge in [0, 0.05) is 28.4 Å². The molecule has 1 aliphatic heterocycles. The minimum Gasteiger partial charge on any atom is -0.355 e. The van der Waals surface area contributed by atoms with Crippen LogP contribution in [0.15, 0.2) is 59.1 Å². The summed E-state index contributed by atoms with van der Waals surface area (Å²) < 4.78 is 5.35. The highest BCUT2D eigenvalue weighted by atomic mass is 35.5. The first-order valence-electron chi connectivity index (χ1n) is 7.77. The van der Waals surface area contributed by atoms with Gasteiger partial charge in [-0.2, -0.15) is 0 Å². The van der Waals surface area contributed by atoms with E-state index in [0.29, 0.717) is 16.5 Å². The van der Waals surface area contributed by atoms with Crippen molar-refractivity contribution in [1.29, 1.82) is 0 Å². The van der Waals surface area contributed by atoms with Gasteiger partial charge in [0.2, 0.25) is 0 Å². The monoisotopic (exact) mass is 338 g/mol. The Labute approximate surface area is 144 Å². The van der Waals surface area contributed by atoms with E-state index in [0.717, 1.165) is 17.7 Å². The molecule has 5 heteroatoms. The first-order chi connectivity index (χ1) is 11.6.